The normalized spacial score (nSPS) is 10.5. The Morgan fingerprint density at radius 2 is 1.43 bits per heavy atom. The third-order valence-electron chi connectivity index (χ3n) is 3.33. The number of hydrogen-bond acceptors (Lipinski definition) is 3. The molecule has 0 heterocycles. The molecule has 0 saturated carbocycles. The van der Waals surface area contributed by atoms with Crippen LogP contribution in [-0.2, 0) is 14.3 Å². The SMILES string of the molecule is C=C(C)C(=O)OC(=O)C(=C)CCCCCCCCC(C)C. The number of ether oxygens (including phenoxy) is 1. The van der Waals surface area contributed by atoms with Crippen molar-refractivity contribution in [1.82, 2.24) is 0 Å². The molecule has 21 heavy (non-hydrogen) atoms. The minimum absolute atomic E-state index is 0.220. The Balaban J connectivity index is 3.59. The molecular formula is C18H30O3. The first kappa shape index (κ1) is 19.6. The van der Waals surface area contributed by atoms with Crippen LogP contribution in [0.2, 0.25) is 0 Å². The number of unbranched alkanes of at least 4 members (excludes halogenated alkanes) is 5. The number of carbonyl (C=O) groups excluding carboxylic acids is 2. The van der Waals surface area contributed by atoms with Gasteiger partial charge in [0.25, 0.3) is 0 Å². The van der Waals surface area contributed by atoms with Crippen LogP contribution in [0.4, 0.5) is 0 Å². The number of rotatable bonds is 11. The van der Waals surface area contributed by atoms with Gasteiger partial charge in [0.1, 0.15) is 0 Å². The Kier molecular flexibility index (Phi) is 10.6. The van der Waals surface area contributed by atoms with E-state index in [1.165, 1.54) is 39.0 Å². The summed E-state index contributed by atoms with van der Waals surface area (Å²) in [6, 6.07) is 0. The Labute approximate surface area is 129 Å². The molecule has 0 amide bonds. The molecule has 0 aromatic rings. The van der Waals surface area contributed by atoms with Crippen molar-refractivity contribution in [2.75, 3.05) is 0 Å². The molecule has 0 atom stereocenters. The highest BCUT2D eigenvalue weighted by molar-refractivity contribution is 6.00. The van der Waals surface area contributed by atoms with Gasteiger partial charge in [-0.2, -0.15) is 0 Å². The van der Waals surface area contributed by atoms with E-state index in [9.17, 15) is 9.59 Å². The third-order valence-corrected chi connectivity index (χ3v) is 3.33. The van der Waals surface area contributed by atoms with Crippen molar-refractivity contribution < 1.29 is 14.3 Å². The second-order valence-electron chi connectivity index (χ2n) is 6.11. The molecular weight excluding hydrogens is 264 g/mol. The molecule has 0 spiro atoms. The smallest absolute Gasteiger partial charge is 0.341 e. The largest absolute Gasteiger partial charge is 0.386 e. The monoisotopic (exact) mass is 294 g/mol. The summed E-state index contributed by atoms with van der Waals surface area (Å²) in [5.74, 6) is -0.507. The van der Waals surface area contributed by atoms with E-state index in [1.54, 1.807) is 0 Å². The van der Waals surface area contributed by atoms with Gasteiger partial charge in [0.05, 0.1) is 0 Å². The summed E-state index contributed by atoms with van der Waals surface area (Å²) in [7, 11) is 0. The van der Waals surface area contributed by atoms with Crippen molar-refractivity contribution >= 4 is 11.9 Å². The predicted molar refractivity (Wildman–Crippen MR) is 86.8 cm³/mol. The quantitative estimate of drug-likeness (QED) is 0.234. The van der Waals surface area contributed by atoms with Crippen LogP contribution in [0.3, 0.4) is 0 Å². The lowest BCUT2D eigenvalue weighted by molar-refractivity contribution is -0.154. The Morgan fingerprint density at radius 1 is 0.905 bits per heavy atom. The van der Waals surface area contributed by atoms with Crippen LogP contribution in [0.1, 0.15) is 72.1 Å². The van der Waals surface area contributed by atoms with E-state index in [4.69, 9.17) is 0 Å². The average Bonchev–Trinajstić information content (AvgIpc) is 2.40. The summed E-state index contributed by atoms with van der Waals surface area (Å²) >= 11 is 0. The number of hydrogen-bond donors (Lipinski definition) is 0. The molecule has 0 saturated heterocycles. The highest BCUT2D eigenvalue weighted by Crippen LogP contribution is 2.14. The van der Waals surface area contributed by atoms with Crippen molar-refractivity contribution in [2.24, 2.45) is 5.92 Å². The summed E-state index contributed by atoms with van der Waals surface area (Å²) in [6.07, 6.45) is 8.92. The van der Waals surface area contributed by atoms with Crippen molar-refractivity contribution in [3.8, 4) is 0 Å². The van der Waals surface area contributed by atoms with Crippen LogP contribution in [0.15, 0.2) is 24.3 Å². The molecule has 0 aliphatic carbocycles. The molecule has 120 valence electrons. The minimum Gasteiger partial charge on any atom is -0.386 e. The zero-order chi connectivity index (χ0) is 16.3. The van der Waals surface area contributed by atoms with Gasteiger partial charge in [-0.15, -0.1) is 0 Å². The van der Waals surface area contributed by atoms with E-state index in [-0.39, 0.29) is 5.57 Å². The fourth-order valence-corrected chi connectivity index (χ4v) is 1.94. The van der Waals surface area contributed by atoms with Crippen LogP contribution in [0.25, 0.3) is 0 Å². The van der Waals surface area contributed by atoms with E-state index in [0.29, 0.717) is 12.0 Å². The van der Waals surface area contributed by atoms with Gasteiger partial charge in [0.15, 0.2) is 0 Å². The van der Waals surface area contributed by atoms with Crippen molar-refractivity contribution in [2.45, 2.75) is 72.1 Å². The van der Waals surface area contributed by atoms with Crippen LogP contribution < -0.4 is 0 Å². The Hall–Kier alpha value is -1.38. The summed E-state index contributed by atoms with van der Waals surface area (Å²) < 4.78 is 4.63. The number of esters is 2. The molecule has 0 radical (unpaired) electrons. The maximum Gasteiger partial charge on any atom is 0.341 e. The minimum atomic E-state index is -0.675. The van der Waals surface area contributed by atoms with E-state index < -0.39 is 11.9 Å². The third kappa shape index (κ3) is 11.0. The maximum absolute atomic E-state index is 11.5. The fraction of sp³-hybridized carbons (Fsp3) is 0.667. The van der Waals surface area contributed by atoms with Crippen LogP contribution in [0, 0.1) is 5.92 Å². The average molecular weight is 294 g/mol. The second-order valence-corrected chi connectivity index (χ2v) is 6.11. The lowest BCUT2D eigenvalue weighted by Gasteiger charge is -2.06. The molecule has 3 nitrogen and oxygen atoms in total. The van der Waals surface area contributed by atoms with Gasteiger partial charge >= 0.3 is 11.9 Å². The van der Waals surface area contributed by atoms with Gasteiger partial charge in [-0.1, -0.05) is 65.5 Å². The topological polar surface area (TPSA) is 43.4 Å². The van der Waals surface area contributed by atoms with Gasteiger partial charge in [0.2, 0.25) is 0 Å². The van der Waals surface area contributed by atoms with Crippen LogP contribution >= 0.6 is 0 Å². The number of carbonyl (C=O) groups is 2. The van der Waals surface area contributed by atoms with Crippen LogP contribution in [-0.4, -0.2) is 11.9 Å². The maximum atomic E-state index is 11.5. The zero-order valence-electron chi connectivity index (χ0n) is 13.9. The van der Waals surface area contributed by atoms with Crippen molar-refractivity contribution in [1.29, 1.82) is 0 Å². The molecule has 0 aromatic carbocycles. The van der Waals surface area contributed by atoms with E-state index in [2.05, 4.69) is 31.7 Å². The van der Waals surface area contributed by atoms with E-state index >= 15 is 0 Å². The van der Waals surface area contributed by atoms with Crippen LogP contribution in [0.5, 0.6) is 0 Å². The molecule has 0 bridgehead atoms. The Morgan fingerprint density at radius 3 is 1.95 bits per heavy atom. The summed E-state index contributed by atoms with van der Waals surface area (Å²) in [6.45, 7) is 13.1. The first-order valence-electron chi connectivity index (χ1n) is 7.94. The van der Waals surface area contributed by atoms with Crippen molar-refractivity contribution in [3.05, 3.63) is 24.3 Å². The molecule has 0 N–H and O–H groups in total. The molecule has 0 rings (SSSR count). The molecule has 0 unspecified atom stereocenters. The molecule has 0 aliphatic rings. The summed E-state index contributed by atoms with van der Waals surface area (Å²) in [5.41, 5.74) is 0.585. The van der Waals surface area contributed by atoms with Gasteiger partial charge in [-0.25, -0.2) is 9.59 Å². The first-order valence-corrected chi connectivity index (χ1v) is 7.94. The fourth-order valence-electron chi connectivity index (χ4n) is 1.94. The van der Waals surface area contributed by atoms with Crippen molar-refractivity contribution in [3.63, 3.8) is 0 Å². The Bertz CT molecular complexity index is 367. The summed E-state index contributed by atoms with van der Waals surface area (Å²) in [4.78, 5) is 22.7. The van der Waals surface area contributed by atoms with Gasteiger partial charge < -0.3 is 4.74 Å². The highest BCUT2D eigenvalue weighted by atomic mass is 16.6. The van der Waals surface area contributed by atoms with Gasteiger partial charge in [-0.05, 0) is 25.7 Å². The lowest BCUT2D eigenvalue weighted by Crippen LogP contribution is -2.14. The second kappa shape index (κ2) is 11.3. The molecule has 0 aromatic heterocycles. The highest BCUT2D eigenvalue weighted by Gasteiger charge is 2.13. The first-order chi connectivity index (χ1) is 9.84. The standard InChI is InChI=1S/C18H30O3/c1-14(2)12-10-8-6-7-9-11-13-16(5)18(20)21-17(19)15(3)4/h14H,3,5-13H2,1-2,4H3. The zero-order valence-corrected chi connectivity index (χ0v) is 13.9. The van der Waals surface area contributed by atoms with E-state index in [0.717, 1.165) is 18.8 Å². The molecule has 0 fully saturated rings. The lowest BCUT2D eigenvalue weighted by atomic mass is 10.0. The van der Waals surface area contributed by atoms with Gasteiger partial charge in [-0.3, -0.25) is 0 Å². The molecule has 0 aliphatic heterocycles. The molecule has 3 heteroatoms. The predicted octanol–water partition coefficient (Wildman–Crippen LogP) is 4.97. The van der Waals surface area contributed by atoms with Gasteiger partial charge in [0, 0.05) is 11.1 Å². The summed E-state index contributed by atoms with van der Waals surface area (Å²) in [5, 5.41) is 0. The van der Waals surface area contributed by atoms with E-state index in [1.807, 2.05) is 0 Å².